The van der Waals surface area contributed by atoms with E-state index >= 15 is 0 Å². The zero-order valence-corrected chi connectivity index (χ0v) is 17.6. The first kappa shape index (κ1) is 36.6. The van der Waals surface area contributed by atoms with Crippen molar-refractivity contribution in [1.82, 2.24) is 0 Å². The van der Waals surface area contributed by atoms with E-state index in [0.29, 0.717) is 0 Å². The largest absolute Gasteiger partial charge is 0.788 e. The Morgan fingerprint density at radius 3 is 0.500 bits per heavy atom. The van der Waals surface area contributed by atoms with Crippen molar-refractivity contribution in [1.29, 1.82) is 0 Å². The molecule has 0 saturated carbocycles. The van der Waals surface area contributed by atoms with Crippen molar-refractivity contribution in [2.24, 2.45) is 0 Å². The van der Waals surface area contributed by atoms with Crippen LogP contribution in [-0.4, -0.2) is 23.5 Å². The Labute approximate surface area is 170 Å². The SMILES string of the molecule is C=C[S-].S=C[S-].S=C[S-].S=C[S-].S=C[S-].S=C[S-]. The Kier molecular flexibility index (Phi) is 205. The molecule has 0 fully saturated rings. The van der Waals surface area contributed by atoms with Gasteiger partial charge in [0.05, 0.1) is 0 Å². The van der Waals surface area contributed by atoms with E-state index < -0.39 is 0 Å². The van der Waals surface area contributed by atoms with Crippen molar-refractivity contribution in [3.63, 3.8) is 0 Å². The second kappa shape index (κ2) is 101. The summed E-state index contributed by atoms with van der Waals surface area (Å²) in [6.45, 7) is 3.18. The van der Waals surface area contributed by atoms with Crippen molar-refractivity contribution in [3.05, 3.63) is 12.0 Å². The molecule has 0 atom stereocenters. The highest BCUT2D eigenvalue weighted by Crippen LogP contribution is 1.33. The van der Waals surface area contributed by atoms with Crippen molar-refractivity contribution >= 4 is 160 Å². The molecule has 0 nitrogen and oxygen atoms in total. The molecular formula is C7H8S11-6. The van der Waals surface area contributed by atoms with Crippen LogP contribution in [0.4, 0.5) is 0 Å². The molecule has 0 amide bonds. The van der Waals surface area contributed by atoms with Crippen LogP contribution in [0.2, 0.25) is 0 Å². The third-order valence-corrected chi connectivity index (χ3v) is 0. The topological polar surface area (TPSA) is 0 Å². The number of hydrogen-bond acceptors (Lipinski definition) is 11. The molecule has 108 valence electrons. The van der Waals surface area contributed by atoms with Gasteiger partial charge in [-0.25, -0.2) is 5.41 Å². The molecule has 0 aromatic heterocycles. The monoisotopic (exact) mass is 444 g/mol. The van der Waals surface area contributed by atoms with E-state index in [1.165, 1.54) is 28.9 Å². The van der Waals surface area contributed by atoms with Gasteiger partial charge in [0.15, 0.2) is 0 Å². The van der Waals surface area contributed by atoms with Gasteiger partial charge in [0.1, 0.15) is 0 Å². The first-order valence-corrected chi connectivity index (χ1v) is 8.19. The van der Waals surface area contributed by atoms with Crippen LogP contribution >= 0.6 is 61.1 Å². The lowest BCUT2D eigenvalue weighted by molar-refractivity contribution is 2.69. The first-order chi connectivity index (χ1) is 8.49. The molecule has 0 N–H and O–H groups in total. The maximum Gasteiger partial charge on any atom is -0.125 e. The summed E-state index contributed by atoms with van der Waals surface area (Å²) < 4.78 is 5.83. The Morgan fingerprint density at radius 1 is 0.500 bits per heavy atom. The predicted octanol–water partition coefficient (Wildman–Crippen LogP) is 3.13. The lowest BCUT2D eigenvalue weighted by atomic mass is 11.3. The highest BCUT2D eigenvalue weighted by atomic mass is 32.2. The van der Waals surface area contributed by atoms with Gasteiger partial charge < -0.3 is 137 Å². The van der Waals surface area contributed by atoms with Gasteiger partial charge in [-0.2, -0.15) is 23.5 Å². The van der Waals surface area contributed by atoms with Gasteiger partial charge in [0.25, 0.3) is 0 Å². The third kappa shape index (κ3) is 2090. The summed E-state index contributed by atoms with van der Waals surface area (Å²) in [5.41, 5.74) is 0. The summed E-state index contributed by atoms with van der Waals surface area (Å²) in [7, 11) is 0. The predicted molar refractivity (Wildman–Crippen MR) is 123 cm³/mol. The summed E-state index contributed by atoms with van der Waals surface area (Å²) in [4.78, 5) is 0. The van der Waals surface area contributed by atoms with Crippen LogP contribution in [0.25, 0.3) is 0 Å². The Balaban J connectivity index is -0.0000000240. The van der Waals surface area contributed by atoms with Gasteiger partial charge in [0.2, 0.25) is 0 Å². The van der Waals surface area contributed by atoms with E-state index in [4.69, 9.17) is 0 Å². The zero-order valence-electron chi connectivity index (χ0n) is 8.66. The second-order valence-electron chi connectivity index (χ2n) is 0.648. The van der Waals surface area contributed by atoms with Crippen molar-refractivity contribution in [2.75, 3.05) is 0 Å². The molecule has 0 heterocycles. The van der Waals surface area contributed by atoms with Crippen molar-refractivity contribution in [2.45, 2.75) is 0 Å². The lowest BCUT2D eigenvalue weighted by Gasteiger charge is -1.67. The van der Waals surface area contributed by atoms with E-state index in [1.807, 2.05) is 0 Å². The molecule has 0 aliphatic carbocycles. The summed E-state index contributed by atoms with van der Waals surface area (Å²) in [6.07, 6.45) is 0. The fraction of sp³-hybridized carbons (Fsp3) is 0. The molecule has 0 aliphatic rings. The lowest BCUT2D eigenvalue weighted by Crippen LogP contribution is -1.30. The van der Waals surface area contributed by atoms with Crippen LogP contribution in [0.3, 0.4) is 0 Å². The van der Waals surface area contributed by atoms with Gasteiger partial charge in [-0.1, -0.05) is 0 Å². The molecule has 0 saturated heterocycles. The smallest absolute Gasteiger partial charge is 0.125 e. The van der Waals surface area contributed by atoms with E-state index in [2.05, 4.69) is 143 Å². The Hall–Kier alpha value is 1.51. The van der Waals surface area contributed by atoms with E-state index in [0.717, 1.165) is 0 Å². The Bertz CT molecular complexity index is 109. The molecule has 11 heteroatoms. The van der Waals surface area contributed by atoms with Gasteiger partial charge in [-0.3, -0.25) is 0 Å². The van der Waals surface area contributed by atoms with Gasteiger partial charge >= 0.3 is 0 Å². The van der Waals surface area contributed by atoms with Crippen LogP contribution in [0.15, 0.2) is 12.0 Å². The van der Waals surface area contributed by atoms with Crippen LogP contribution in [0.5, 0.6) is 0 Å². The van der Waals surface area contributed by atoms with Gasteiger partial charge in [0, 0.05) is 0 Å². The number of thiocarbonyl (C=S) groups is 5. The normalized spacial score (nSPS) is 4.00. The highest BCUT2D eigenvalue weighted by Gasteiger charge is 0.943. The maximum absolute atomic E-state index is 4.16. The van der Waals surface area contributed by atoms with E-state index in [-0.39, 0.29) is 0 Å². The first-order valence-electron chi connectivity index (χ1n) is 3.00. The second-order valence-corrected chi connectivity index (χ2v) is 4.83. The summed E-state index contributed by atoms with van der Waals surface area (Å²) >= 11 is 45.0. The fourth-order valence-corrected chi connectivity index (χ4v) is 0. The molecule has 0 aromatic carbocycles. The molecule has 0 bridgehead atoms. The van der Waals surface area contributed by atoms with E-state index in [9.17, 15) is 0 Å². The summed E-state index contributed by atoms with van der Waals surface area (Å²) in [5, 5.41) is 1.33. The molecule has 0 rings (SSSR count). The minimum absolute atomic E-state index is 1.17. The summed E-state index contributed by atoms with van der Waals surface area (Å²) in [5.74, 6) is 0. The molecule has 0 radical (unpaired) electrons. The van der Waals surface area contributed by atoms with Gasteiger partial charge in [-0.05, 0) is 0 Å². The van der Waals surface area contributed by atoms with Crippen molar-refractivity contribution in [3.8, 4) is 0 Å². The average Bonchev–Trinajstić information content (AvgIpc) is 2.23. The quantitative estimate of drug-likeness (QED) is 0.399. The minimum Gasteiger partial charge on any atom is -0.788 e. The standard InChI is InChI=1S/C2H4S.5CH2S2/c1-2-3;5*2-1-3/h2-3H,1H2;5*1H,(H,2,3)/p-6. The average molecular weight is 445 g/mol. The van der Waals surface area contributed by atoms with Crippen LogP contribution in [0, 0.1) is 0 Å². The maximum atomic E-state index is 4.16. The minimum atomic E-state index is 1.17. The van der Waals surface area contributed by atoms with Crippen molar-refractivity contribution < 1.29 is 0 Å². The highest BCUT2D eigenvalue weighted by molar-refractivity contribution is 7.98. The number of hydrogen-bond donors (Lipinski definition) is 0. The molecule has 0 spiro atoms. The number of rotatable bonds is 0. The van der Waals surface area contributed by atoms with Crippen LogP contribution in [-0.2, 0) is 75.8 Å². The third-order valence-electron chi connectivity index (χ3n) is 0. The molecule has 18 heavy (non-hydrogen) atoms. The summed E-state index contributed by atoms with van der Waals surface area (Å²) in [6, 6.07) is 0. The van der Waals surface area contributed by atoms with Crippen LogP contribution in [0.1, 0.15) is 0 Å². The molecular weight excluding hydrogens is 437 g/mol. The van der Waals surface area contributed by atoms with Gasteiger partial charge in [-0.15, -0.1) is 6.58 Å². The van der Waals surface area contributed by atoms with E-state index in [1.54, 1.807) is 0 Å². The zero-order chi connectivity index (χ0) is 16.2. The molecule has 0 aromatic rings. The molecule has 0 aliphatic heterocycles. The fourth-order valence-electron chi connectivity index (χ4n) is 0. The molecule has 0 unspecified atom stereocenters. The Morgan fingerprint density at radius 2 is 0.500 bits per heavy atom. The van der Waals surface area contributed by atoms with Crippen LogP contribution < -0.4 is 0 Å².